The standard InChI is InChI=1S/C20H16N2O2/c21-13-5-1-3-11-7-9-15(23)19(17(11)13)20-16(24)10-8-12-4-2-6-14(22)18(12)20/h1-10,23-24H,21-22H2. The molecule has 0 aliphatic heterocycles. The van der Waals surface area contributed by atoms with E-state index < -0.39 is 0 Å². The fourth-order valence-corrected chi connectivity index (χ4v) is 3.30. The van der Waals surface area contributed by atoms with Crippen LogP contribution >= 0.6 is 0 Å². The Labute approximate surface area is 138 Å². The lowest BCUT2D eigenvalue weighted by molar-refractivity contribution is 0.470. The number of rotatable bonds is 1. The average Bonchev–Trinajstić information content (AvgIpc) is 2.57. The number of benzene rings is 4. The zero-order chi connectivity index (χ0) is 16.8. The lowest BCUT2D eigenvalue weighted by Gasteiger charge is -2.16. The Morgan fingerprint density at radius 2 is 0.958 bits per heavy atom. The first kappa shape index (κ1) is 14.2. The van der Waals surface area contributed by atoms with Crippen molar-refractivity contribution >= 4 is 32.9 Å². The summed E-state index contributed by atoms with van der Waals surface area (Å²) in [5.41, 5.74) is 14.4. The number of anilines is 2. The van der Waals surface area contributed by atoms with Crippen molar-refractivity contribution in [2.45, 2.75) is 0 Å². The maximum atomic E-state index is 10.6. The third kappa shape index (κ3) is 1.93. The molecule has 0 radical (unpaired) electrons. The Balaban J connectivity index is 2.27. The lowest BCUT2D eigenvalue weighted by atomic mass is 9.91. The molecule has 24 heavy (non-hydrogen) atoms. The molecule has 0 fully saturated rings. The number of aromatic hydroxyl groups is 2. The molecule has 0 saturated carbocycles. The van der Waals surface area contributed by atoms with Crippen molar-refractivity contribution in [3.63, 3.8) is 0 Å². The normalized spacial score (nSPS) is 11.2. The van der Waals surface area contributed by atoms with Crippen molar-refractivity contribution < 1.29 is 10.2 Å². The van der Waals surface area contributed by atoms with Crippen LogP contribution in [0.5, 0.6) is 11.5 Å². The number of nitrogens with two attached hydrogens (primary N) is 2. The highest BCUT2D eigenvalue weighted by Crippen LogP contribution is 2.47. The number of hydrogen-bond acceptors (Lipinski definition) is 4. The maximum Gasteiger partial charge on any atom is 0.124 e. The lowest BCUT2D eigenvalue weighted by Crippen LogP contribution is -1.94. The molecule has 4 heteroatoms. The number of fused-ring (bicyclic) bond motifs is 2. The predicted molar refractivity (Wildman–Crippen MR) is 99.0 cm³/mol. The van der Waals surface area contributed by atoms with E-state index in [0.717, 1.165) is 10.8 Å². The van der Waals surface area contributed by atoms with Crippen molar-refractivity contribution in [1.82, 2.24) is 0 Å². The topological polar surface area (TPSA) is 92.5 Å². The first-order valence-corrected chi connectivity index (χ1v) is 7.58. The van der Waals surface area contributed by atoms with Gasteiger partial charge in [0, 0.05) is 33.3 Å². The molecular formula is C20H16N2O2. The zero-order valence-electron chi connectivity index (χ0n) is 12.8. The zero-order valence-corrected chi connectivity index (χ0v) is 12.8. The maximum absolute atomic E-state index is 10.6. The SMILES string of the molecule is Nc1cccc2ccc(O)c(-c3c(O)ccc4cccc(N)c34)c12. The molecule has 6 N–H and O–H groups in total. The molecule has 0 spiro atoms. The van der Waals surface area contributed by atoms with Crippen LogP contribution < -0.4 is 11.5 Å². The molecule has 0 aliphatic rings. The van der Waals surface area contributed by atoms with Gasteiger partial charge in [-0.1, -0.05) is 36.4 Å². The van der Waals surface area contributed by atoms with Crippen LogP contribution in [-0.2, 0) is 0 Å². The summed E-state index contributed by atoms with van der Waals surface area (Å²) in [6.07, 6.45) is 0. The minimum atomic E-state index is 0.0476. The largest absolute Gasteiger partial charge is 0.507 e. The number of hydrogen-bond donors (Lipinski definition) is 4. The highest BCUT2D eigenvalue weighted by Gasteiger charge is 2.19. The van der Waals surface area contributed by atoms with Gasteiger partial charge < -0.3 is 21.7 Å². The molecule has 118 valence electrons. The Bertz CT molecular complexity index is 1010. The van der Waals surface area contributed by atoms with Gasteiger partial charge in [0.1, 0.15) is 11.5 Å². The van der Waals surface area contributed by atoms with Crippen molar-refractivity contribution in [2.24, 2.45) is 0 Å². The third-order valence-electron chi connectivity index (χ3n) is 4.36. The van der Waals surface area contributed by atoms with Crippen LogP contribution in [0.4, 0.5) is 11.4 Å². The second kappa shape index (κ2) is 5.06. The minimum Gasteiger partial charge on any atom is -0.507 e. The van der Waals surface area contributed by atoms with Gasteiger partial charge in [-0.2, -0.15) is 0 Å². The Kier molecular flexibility index (Phi) is 3.00. The first-order chi connectivity index (χ1) is 11.6. The molecule has 0 unspecified atom stereocenters. The molecule has 0 atom stereocenters. The molecule has 0 aromatic heterocycles. The summed E-state index contributed by atoms with van der Waals surface area (Å²) in [7, 11) is 0. The van der Waals surface area contributed by atoms with Crippen molar-refractivity contribution in [3.8, 4) is 22.6 Å². The van der Waals surface area contributed by atoms with Crippen molar-refractivity contribution in [1.29, 1.82) is 0 Å². The molecule has 0 bridgehead atoms. The van der Waals surface area contributed by atoms with E-state index >= 15 is 0 Å². The molecule has 4 aromatic carbocycles. The summed E-state index contributed by atoms with van der Waals surface area (Å²) >= 11 is 0. The molecular weight excluding hydrogens is 300 g/mol. The van der Waals surface area contributed by atoms with E-state index in [0.29, 0.717) is 33.3 Å². The number of nitrogen functional groups attached to an aromatic ring is 2. The van der Waals surface area contributed by atoms with Gasteiger partial charge in [-0.3, -0.25) is 0 Å². The van der Waals surface area contributed by atoms with Crippen LogP contribution in [0.1, 0.15) is 0 Å². The molecule has 4 aromatic rings. The van der Waals surface area contributed by atoms with Crippen molar-refractivity contribution in [3.05, 3.63) is 60.7 Å². The van der Waals surface area contributed by atoms with E-state index in [1.165, 1.54) is 0 Å². The molecule has 4 nitrogen and oxygen atoms in total. The van der Waals surface area contributed by atoms with Crippen LogP contribution in [0.3, 0.4) is 0 Å². The summed E-state index contributed by atoms with van der Waals surface area (Å²) in [6.45, 7) is 0. The van der Waals surface area contributed by atoms with E-state index in [4.69, 9.17) is 11.5 Å². The first-order valence-electron chi connectivity index (χ1n) is 7.58. The quantitative estimate of drug-likeness (QED) is 0.395. The smallest absolute Gasteiger partial charge is 0.124 e. The van der Waals surface area contributed by atoms with Crippen LogP contribution in [0.2, 0.25) is 0 Å². The Morgan fingerprint density at radius 3 is 1.38 bits per heavy atom. The molecule has 4 rings (SSSR count). The van der Waals surface area contributed by atoms with E-state index in [1.807, 2.05) is 24.3 Å². The summed E-state index contributed by atoms with van der Waals surface area (Å²) in [6, 6.07) is 17.9. The minimum absolute atomic E-state index is 0.0476. The molecule has 0 saturated heterocycles. The van der Waals surface area contributed by atoms with Gasteiger partial charge in [-0.25, -0.2) is 0 Å². The number of phenols is 2. The van der Waals surface area contributed by atoms with E-state index in [1.54, 1.807) is 36.4 Å². The summed E-state index contributed by atoms with van der Waals surface area (Å²) < 4.78 is 0. The van der Waals surface area contributed by atoms with E-state index in [2.05, 4.69) is 0 Å². The van der Waals surface area contributed by atoms with Crippen molar-refractivity contribution in [2.75, 3.05) is 11.5 Å². The second-order valence-corrected chi connectivity index (χ2v) is 5.81. The Morgan fingerprint density at radius 1 is 0.542 bits per heavy atom. The Hall–Kier alpha value is -3.40. The second-order valence-electron chi connectivity index (χ2n) is 5.81. The van der Waals surface area contributed by atoms with Crippen LogP contribution in [0.15, 0.2) is 60.7 Å². The highest BCUT2D eigenvalue weighted by atomic mass is 16.3. The summed E-state index contributed by atoms with van der Waals surface area (Å²) in [5, 5.41) is 24.3. The van der Waals surface area contributed by atoms with E-state index in [9.17, 15) is 10.2 Å². The molecule has 0 aliphatic carbocycles. The third-order valence-corrected chi connectivity index (χ3v) is 4.36. The van der Waals surface area contributed by atoms with Gasteiger partial charge in [0.25, 0.3) is 0 Å². The summed E-state index contributed by atoms with van der Waals surface area (Å²) in [5.74, 6) is 0.0953. The predicted octanol–water partition coefficient (Wildman–Crippen LogP) is 4.24. The van der Waals surface area contributed by atoms with Gasteiger partial charge >= 0.3 is 0 Å². The average molecular weight is 316 g/mol. The highest BCUT2D eigenvalue weighted by molar-refractivity contribution is 6.15. The number of phenolic OH excluding ortho intramolecular Hbond substituents is 2. The molecule has 0 amide bonds. The van der Waals surface area contributed by atoms with Crippen LogP contribution in [0, 0.1) is 0 Å². The van der Waals surface area contributed by atoms with E-state index in [-0.39, 0.29) is 11.5 Å². The van der Waals surface area contributed by atoms with Gasteiger partial charge in [-0.15, -0.1) is 0 Å². The monoisotopic (exact) mass is 316 g/mol. The van der Waals surface area contributed by atoms with Crippen LogP contribution in [-0.4, -0.2) is 10.2 Å². The fourth-order valence-electron chi connectivity index (χ4n) is 3.30. The fraction of sp³-hybridized carbons (Fsp3) is 0. The van der Waals surface area contributed by atoms with Gasteiger partial charge in [-0.05, 0) is 35.0 Å². The molecule has 0 heterocycles. The van der Waals surface area contributed by atoms with Gasteiger partial charge in [0.2, 0.25) is 0 Å². The summed E-state index contributed by atoms with van der Waals surface area (Å²) in [4.78, 5) is 0. The van der Waals surface area contributed by atoms with Crippen LogP contribution in [0.25, 0.3) is 32.7 Å². The van der Waals surface area contributed by atoms with Gasteiger partial charge in [0.05, 0.1) is 0 Å². The van der Waals surface area contributed by atoms with Gasteiger partial charge in [0.15, 0.2) is 0 Å².